The van der Waals surface area contributed by atoms with E-state index >= 15 is 0 Å². The fraction of sp³-hybridized carbons (Fsp3) is 0.429. The molecule has 1 atom stereocenters. The molecule has 0 aromatic heterocycles. The molecule has 102 valence electrons. The largest absolute Gasteiger partial charge is 0.305 e. The van der Waals surface area contributed by atoms with Crippen molar-refractivity contribution in [3.05, 3.63) is 29.6 Å². The summed E-state index contributed by atoms with van der Waals surface area (Å²) in [5.41, 5.74) is 0.671. The number of hydrogen-bond acceptors (Lipinski definition) is 2. The highest BCUT2D eigenvalue weighted by Crippen LogP contribution is 2.30. The van der Waals surface area contributed by atoms with Gasteiger partial charge in [-0.15, -0.1) is 11.6 Å². The maximum atomic E-state index is 13.2. The third-order valence-corrected chi connectivity index (χ3v) is 3.60. The van der Waals surface area contributed by atoms with Gasteiger partial charge in [0.05, 0.1) is 11.3 Å². The van der Waals surface area contributed by atoms with E-state index in [0.29, 0.717) is 24.0 Å². The lowest BCUT2D eigenvalue weighted by Gasteiger charge is -2.18. The second-order valence-electron chi connectivity index (χ2n) is 4.82. The number of amides is 1. The molecule has 0 saturated heterocycles. The summed E-state index contributed by atoms with van der Waals surface area (Å²) in [6.07, 6.45) is 1.59. The topological polar surface area (TPSA) is 37.4 Å². The van der Waals surface area contributed by atoms with Gasteiger partial charge in [0.1, 0.15) is 5.82 Å². The number of carbonyl (C=O) groups is 2. The van der Waals surface area contributed by atoms with E-state index in [4.69, 9.17) is 11.6 Å². The molecule has 0 fully saturated rings. The van der Waals surface area contributed by atoms with Crippen LogP contribution in [0.1, 0.15) is 30.1 Å². The summed E-state index contributed by atoms with van der Waals surface area (Å²) in [6.45, 7) is 2.45. The molecular formula is C14H15ClFNO2. The van der Waals surface area contributed by atoms with Crippen LogP contribution in [-0.2, 0) is 4.79 Å². The summed E-state index contributed by atoms with van der Waals surface area (Å²) >= 11 is 5.66. The number of halogens is 2. The third-order valence-electron chi connectivity index (χ3n) is 3.38. The fourth-order valence-electron chi connectivity index (χ4n) is 2.17. The number of ketones is 1. The quantitative estimate of drug-likeness (QED) is 0.615. The number of fused-ring (bicyclic) bond motifs is 1. The predicted octanol–water partition coefficient (Wildman–Crippen LogP) is 3.01. The van der Waals surface area contributed by atoms with Crippen LogP contribution in [0.2, 0.25) is 0 Å². The molecule has 1 aromatic rings. The smallest absolute Gasteiger partial charge is 0.299 e. The Labute approximate surface area is 116 Å². The second kappa shape index (κ2) is 5.70. The van der Waals surface area contributed by atoms with E-state index in [1.165, 1.54) is 23.1 Å². The van der Waals surface area contributed by atoms with E-state index < -0.39 is 17.5 Å². The molecule has 0 N–H and O–H groups in total. The summed E-state index contributed by atoms with van der Waals surface area (Å²) in [6, 6.07) is 3.81. The van der Waals surface area contributed by atoms with E-state index in [9.17, 15) is 14.0 Å². The average Bonchev–Trinajstić information content (AvgIpc) is 2.60. The summed E-state index contributed by atoms with van der Waals surface area (Å²) in [5.74, 6) is -0.643. The molecular weight excluding hydrogens is 269 g/mol. The molecule has 5 heteroatoms. The second-order valence-corrected chi connectivity index (χ2v) is 5.20. The normalized spacial score (nSPS) is 15.8. The number of anilines is 1. The molecule has 0 bridgehead atoms. The Morgan fingerprint density at radius 3 is 2.74 bits per heavy atom. The minimum atomic E-state index is -0.571. The Kier molecular flexibility index (Phi) is 4.20. The van der Waals surface area contributed by atoms with Gasteiger partial charge in [-0.05, 0) is 37.0 Å². The van der Waals surface area contributed by atoms with Crippen LogP contribution in [0.25, 0.3) is 0 Å². The average molecular weight is 284 g/mol. The number of rotatable bonds is 5. The van der Waals surface area contributed by atoms with Crippen molar-refractivity contribution in [2.75, 3.05) is 17.3 Å². The van der Waals surface area contributed by atoms with E-state index in [-0.39, 0.29) is 5.56 Å². The van der Waals surface area contributed by atoms with Gasteiger partial charge in [-0.3, -0.25) is 9.59 Å². The maximum absolute atomic E-state index is 13.2. The van der Waals surface area contributed by atoms with Gasteiger partial charge in [-0.2, -0.15) is 0 Å². The van der Waals surface area contributed by atoms with Crippen molar-refractivity contribution in [2.45, 2.75) is 19.8 Å². The summed E-state index contributed by atoms with van der Waals surface area (Å²) < 4.78 is 13.2. The van der Waals surface area contributed by atoms with Crippen LogP contribution in [0.3, 0.4) is 0 Å². The van der Waals surface area contributed by atoms with Crippen LogP contribution in [0, 0.1) is 11.7 Å². The summed E-state index contributed by atoms with van der Waals surface area (Å²) in [5, 5.41) is 0. The fourth-order valence-corrected chi connectivity index (χ4v) is 2.54. The lowest BCUT2D eigenvalue weighted by molar-refractivity contribution is -0.114. The maximum Gasteiger partial charge on any atom is 0.299 e. The Balaban J connectivity index is 2.16. The first-order chi connectivity index (χ1) is 9.04. The SMILES string of the molecule is CC(CCCl)CCN1C(=O)C(=O)c2ccc(F)cc21. The van der Waals surface area contributed by atoms with Gasteiger partial charge in [0.25, 0.3) is 11.7 Å². The molecule has 3 nitrogen and oxygen atoms in total. The molecule has 1 unspecified atom stereocenters. The lowest BCUT2D eigenvalue weighted by Crippen LogP contribution is -2.31. The van der Waals surface area contributed by atoms with E-state index in [0.717, 1.165) is 12.8 Å². The lowest BCUT2D eigenvalue weighted by atomic mass is 10.1. The first kappa shape index (κ1) is 14.0. The first-order valence-electron chi connectivity index (χ1n) is 6.26. The van der Waals surface area contributed by atoms with Gasteiger partial charge in [0.2, 0.25) is 0 Å². The van der Waals surface area contributed by atoms with Crippen molar-refractivity contribution in [1.82, 2.24) is 0 Å². The van der Waals surface area contributed by atoms with Crippen molar-refractivity contribution < 1.29 is 14.0 Å². The number of carbonyl (C=O) groups excluding carboxylic acids is 2. The molecule has 1 aromatic carbocycles. The van der Waals surface area contributed by atoms with Gasteiger partial charge in [-0.25, -0.2) is 4.39 Å². The van der Waals surface area contributed by atoms with Crippen molar-refractivity contribution in [3.8, 4) is 0 Å². The van der Waals surface area contributed by atoms with Gasteiger partial charge >= 0.3 is 0 Å². The number of nitrogens with zero attached hydrogens (tertiary/aromatic N) is 1. The molecule has 19 heavy (non-hydrogen) atoms. The molecule has 2 rings (SSSR count). The monoisotopic (exact) mass is 283 g/mol. The van der Waals surface area contributed by atoms with Gasteiger partial charge < -0.3 is 4.90 Å². The zero-order valence-electron chi connectivity index (χ0n) is 10.7. The van der Waals surface area contributed by atoms with E-state index in [1.54, 1.807) is 0 Å². The minimum Gasteiger partial charge on any atom is -0.305 e. The highest BCUT2D eigenvalue weighted by Gasteiger charge is 2.35. The number of Topliss-reactive ketones (excluding diaryl/α,β-unsaturated/α-hetero) is 1. The minimum absolute atomic E-state index is 0.288. The number of benzene rings is 1. The summed E-state index contributed by atoms with van der Waals surface area (Å²) in [4.78, 5) is 25.0. The predicted molar refractivity (Wildman–Crippen MR) is 72.2 cm³/mol. The van der Waals surface area contributed by atoms with Crippen molar-refractivity contribution in [2.24, 2.45) is 5.92 Å². The molecule has 1 heterocycles. The van der Waals surface area contributed by atoms with Crippen LogP contribution in [0.15, 0.2) is 18.2 Å². The summed E-state index contributed by atoms with van der Waals surface area (Å²) in [7, 11) is 0. The van der Waals surface area contributed by atoms with Crippen molar-refractivity contribution >= 4 is 29.0 Å². The number of alkyl halides is 1. The zero-order valence-corrected chi connectivity index (χ0v) is 11.4. The van der Waals surface area contributed by atoms with Gasteiger partial charge in [-0.1, -0.05) is 6.92 Å². The first-order valence-corrected chi connectivity index (χ1v) is 6.79. The molecule has 0 radical (unpaired) electrons. The molecule has 1 aliphatic rings. The molecule has 0 spiro atoms. The molecule has 1 aliphatic heterocycles. The Morgan fingerprint density at radius 1 is 1.32 bits per heavy atom. The van der Waals surface area contributed by atoms with Crippen LogP contribution < -0.4 is 4.90 Å². The third kappa shape index (κ3) is 2.78. The van der Waals surface area contributed by atoms with Crippen molar-refractivity contribution in [1.29, 1.82) is 0 Å². The Hall–Kier alpha value is -1.42. The van der Waals surface area contributed by atoms with Crippen LogP contribution in [0.4, 0.5) is 10.1 Å². The van der Waals surface area contributed by atoms with Gasteiger partial charge in [0, 0.05) is 12.4 Å². The van der Waals surface area contributed by atoms with Crippen LogP contribution in [0.5, 0.6) is 0 Å². The highest BCUT2D eigenvalue weighted by molar-refractivity contribution is 6.52. The zero-order chi connectivity index (χ0) is 14.0. The number of hydrogen-bond donors (Lipinski definition) is 0. The standard InChI is InChI=1S/C14H15ClFNO2/c1-9(4-6-15)5-7-17-12-8-10(16)2-3-11(12)13(18)14(17)19/h2-3,8-9H,4-7H2,1H3. The van der Waals surface area contributed by atoms with Crippen LogP contribution in [-0.4, -0.2) is 24.1 Å². The van der Waals surface area contributed by atoms with Gasteiger partial charge in [0.15, 0.2) is 0 Å². The highest BCUT2D eigenvalue weighted by atomic mass is 35.5. The Bertz CT molecular complexity index is 518. The van der Waals surface area contributed by atoms with E-state index in [1.807, 2.05) is 6.92 Å². The molecule has 0 saturated carbocycles. The van der Waals surface area contributed by atoms with E-state index in [2.05, 4.69) is 0 Å². The molecule has 0 aliphatic carbocycles. The Morgan fingerprint density at radius 2 is 2.05 bits per heavy atom. The molecule has 1 amide bonds. The van der Waals surface area contributed by atoms with Crippen LogP contribution >= 0.6 is 11.6 Å². The van der Waals surface area contributed by atoms with Crippen molar-refractivity contribution in [3.63, 3.8) is 0 Å².